The lowest BCUT2D eigenvalue weighted by molar-refractivity contribution is -0.126. The van der Waals surface area contributed by atoms with Gasteiger partial charge in [0.25, 0.3) is 0 Å². The van der Waals surface area contributed by atoms with E-state index >= 15 is 0 Å². The second-order valence-corrected chi connectivity index (χ2v) is 9.22. The summed E-state index contributed by atoms with van der Waals surface area (Å²) in [7, 11) is 3.20. The summed E-state index contributed by atoms with van der Waals surface area (Å²) < 4.78 is 10.7. The number of amidine groups is 1. The predicted octanol–water partition coefficient (Wildman–Crippen LogP) is 5.88. The Morgan fingerprint density at radius 1 is 1.03 bits per heavy atom. The number of rotatable bonds is 9. The van der Waals surface area contributed by atoms with Crippen molar-refractivity contribution in [2.24, 2.45) is 10.2 Å². The Labute approximate surface area is 204 Å². The third kappa shape index (κ3) is 5.25. The number of methoxy groups -OCH3 is 2. The maximum Gasteiger partial charge on any atom is 0.242 e. The second-order valence-electron chi connectivity index (χ2n) is 8.05. The molecular formula is C27H29N3O3S. The van der Waals surface area contributed by atoms with E-state index in [0.717, 1.165) is 41.2 Å². The van der Waals surface area contributed by atoms with Crippen LogP contribution in [0.4, 0.5) is 0 Å². The van der Waals surface area contributed by atoms with Crippen LogP contribution in [0, 0.1) is 0 Å². The van der Waals surface area contributed by atoms with Crippen molar-refractivity contribution in [2.45, 2.75) is 38.0 Å². The SMILES string of the molecule is CCCC[C@H]1S/C(=N/N=C\c2ccc(OC)c(OC)c2)N(Cc2cccc3ccccc23)C1=O. The zero-order chi connectivity index (χ0) is 23.9. The van der Waals surface area contributed by atoms with Crippen LogP contribution in [-0.4, -0.2) is 41.7 Å². The molecule has 0 saturated carbocycles. The van der Waals surface area contributed by atoms with Crippen LogP contribution in [0.25, 0.3) is 10.8 Å². The molecule has 0 aliphatic carbocycles. The van der Waals surface area contributed by atoms with Crippen LogP contribution in [0.5, 0.6) is 11.5 Å². The van der Waals surface area contributed by atoms with Crippen LogP contribution in [-0.2, 0) is 11.3 Å². The number of hydrogen-bond acceptors (Lipinski definition) is 6. The van der Waals surface area contributed by atoms with Gasteiger partial charge in [-0.15, -0.1) is 5.10 Å². The Balaban J connectivity index is 1.61. The van der Waals surface area contributed by atoms with Crippen molar-refractivity contribution < 1.29 is 14.3 Å². The Morgan fingerprint density at radius 2 is 1.82 bits per heavy atom. The van der Waals surface area contributed by atoms with Crippen LogP contribution < -0.4 is 9.47 Å². The molecule has 0 N–H and O–H groups in total. The lowest BCUT2D eigenvalue weighted by Gasteiger charge is -2.17. The highest BCUT2D eigenvalue weighted by Crippen LogP contribution is 2.33. The Hall–Kier alpha value is -3.32. The molecule has 1 heterocycles. The fourth-order valence-corrected chi connectivity index (χ4v) is 5.13. The molecule has 34 heavy (non-hydrogen) atoms. The first-order valence-corrected chi connectivity index (χ1v) is 12.3. The molecule has 1 fully saturated rings. The third-order valence-corrected chi connectivity index (χ3v) is 7.04. The number of nitrogens with zero attached hydrogens (tertiary/aromatic N) is 3. The first-order valence-electron chi connectivity index (χ1n) is 11.4. The van der Waals surface area contributed by atoms with Gasteiger partial charge >= 0.3 is 0 Å². The molecule has 1 aliphatic rings. The molecule has 6 nitrogen and oxygen atoms in total. The van der Waals surface area contributed by atoms with Gasteiger partial charge in [0.05, 0.1) is 32.2 Å². The van der Waals surface area contributed by atoms with Gasteiger partial charge in [0.15, 0.2) is 16.7 Å². The van der Waals surface area contributed by atoms with E-state index in [4.69, 9.17) is 9.47 Å². The topological polar surface area (TPSA) is 63.5 Å². The van der Waals surface area contributed by atoms with E-state index in [0.29, 0.717) is 23.2 Å². The zero-order valence-electron chi connectivity index (χ0n) is 19.7. The van der Waals surface area contributed by atoms with Crippen LogP contribution in [0.3, 0.4) is 0 Å². The molecule has 1 aliphatic heterocycles. The van der Waals surface area contributed by atoms with Crippen LogP contribution in [0.2, 0.25) is 0 Å². The van der Waals surface area contributed by atoms with Crippen LogP contribution in [0.15, 0.2) is 70.9 Å². The largest absolute Gasteiger partial charge is 0.493 e. The highest BCUT2D eigenvalue weighted by atomic mass is 32.2. The molecule has 0 radical (unpaired) electrons. The van der Waals surface area contributed by atoms with Crippen molar-refractivity contribution >= 4 is 39.8 Å². The average Bonchev–Trinajstić information content (AvgIpc) is 3.16. The minimum absolute atomic E-state index is 0.103. The zero-order valence-corrected chi connectivity index (χ0v) is 20.5. The minimum atomic E-state index is -0.120. The van der Waals surface area contributed by atoms with E-state index in [1.54, 1.807) is 25.3 Å². The Morgan fingerprint density at radius 3 is 2.62 bits per heavy atom. The summed E-state index contributed by atoms with van der Waals surface area (Å²) in [6.07, 6.45) is 4.56. The number of carbonyl (C=O) groups excluding carboxylic acids is 1. The van der Waals surface area contributed by atoms with Gasteiger partial charge < -0.3 is 9.47 Å². The fourth-order valence-electron chi connectivity index (χ4n) is 3.98. The van der Waals surface area contributed by atoms with Gasteiger partial charge in [-0.05, 0) is 46.5 Å². The quantitative estimate of drug-likeness (QED) is 0.286. The maximum absolute atomic E-state index is 13.3. The summed E-state index contributed by atoms with van der Waals surface area (Å²) in [4.78, 5) is 15.1. The second kappa shape index (κ2) is 11.2. The van der Waals surface area contributed by atoms with E-state index in [-0.39, 0.29) is 11.2 Å². The van der Waals surface area contributed by atoms with Gasteiger partial charge in [0, 0.05) is 0 Å². The minimum Gasteiger partial charge on any atom is -0.493 e. The van der Waals surface area contributed by atoms with Crippen molar-refractivity contribution in [1.82, 2.24) is 4.90 Å². The summed E-state index contributed by atoms with van der Waals surface area (Å²) in [5.74, 6) is 1.39. The van der Waals surface area contributed by atoms with Gasteiger partial charge in [0.2, 0.25) is 5.91 Å². The highest BCUT2D eigenvalue weighted by Gasteiger charge is 2.37. The lowest BCUT2D eigenvalue weighted by atomic mass is 10.0. The average molecular weight is 476 g/mol. The summed E-state index contributed by atoms with van der Waals surface area (Å²) in [6, 6.07) is 20.0. The Kier molecular flexibility index (Phi) is 7.85. The van der Waals surface area contributed by atoms with Gasteiger partial charge in [0.1, 0.15) is 0 Å². The van der Waals surface area contributed by atoms with Crippen molar-refractivity contribution in [1.29, 1.82) is 0 Å². The smallest absolute Gasteiger partial charge is 0.242 e. The van der Waals surface area contributed by atoms with E-state index in [1.807, 2.05) is 36.4 Å². The molecule has 0 aromatic heterocycles. The van der Waals surface area contributed by atoms with Crippen molar-refractivity contribution in [3.63, 3.8) is 0 Å². The molecular weight excluding hydrogens is 446 g/mol. The standard InChI is InChI=1S/C27H29N3O3S/c1-4-5-13-25-26(31)30(18-21-11-8-10-20-9-6-7-12-22(20)21)27(34-25)29-28-17-19-14-15-23(32-2)24(16-19)33-3/h6-12,14-17,25H,4-5,13,18H2,1-3H3/b28-17-,29-27+/t25-/m1/s1. The molecule has 0 bridgehead atoms. The fraction of sp³-hybridized carbons (Fsp3) is 0.296. The number of thioether (sulfide) groups is 1. The molecule has 0 unspecified atom stereocenters. The van der Waals surface area contributed by atoms with Crippen molar-refractivity contribution in [3.8, 4) is 11.5 Å². The Bertz CT molecular complexity index is 1220. The summed E-state index contributed by atoms with van der Waals surface area (Å²) >= 11 is 1.51. The monoisotopic (exact) mass is 475 g/mol. The van der Waals surface area contributed by atoms with Gasteiger partial charge in [-0.3, -0.25) is 9.69 Å². The maximum atomic E-state index is 13.3. The number of benzene rings is 3. The van der Waals surface area contributed by atoms with Crippen LogP contribution in [0.1, 0.15) is 37.3 Å². The molecule has 1 atom stereocenters. The number of unbranched alkanes of at least 4 members (excludes halogenated alkanes) is 1. The van der Waals surface area contributed by atoms with E-state index in [1.165, 1.54) is 11.8 Å². The first kappa shape index (κ1) is 23.8. The highest BCUT2D eigenvalue weighted by molar-refractivity contribution is 8.15. The molecule has 3 aromatic carbocycles. The normalized spacial score (nSPS) is 17.3. The first-order chi connectivity index (χ1) is 16.6. The summed E-state index contributed by atoms with van der Waals surface area (Å²) in [6.45, 7) is 2.61. The van der Waals surface area contributed by atoms with Crippen molar-refractivity contribution in [3.05, 3.63) is 71.8 Å². The predicted molar refractivity (Wildman–Crippen MR) is 140 cm³/mol. The molecule has 176 valence electrons. The van der Waals surface area contributed by atoms with Gasteiger partial charge in [-0.25, -0.2) is 0 Å². The molecule has 1 saturated heterocycles. The van der Waals surface area contributed by atoms with Crippen molar-refractivity contribution in [2.75, 3.05) is 14.2 Å². The number of carbonyl (C=O) groups is 1. The van der Waals surface area contributed by atoms with Gasteiger partial charge in [-0.1, -0.05) is 74.0 Å². The lowest BCUT2D eigenvalue weighted by Crippen LogP contribution is -2.31. The molecule has 7 heteroatoms. The molecule has 0 spiro atoms. The molecule has 4 rings (SSSR count). The van der Waals surface area contributed by atoms with E-state index in [2.05, 4.69) is 41.4 Å². The van der Waals surface area contributed by atoms with Crippen LogP contribution >= 0.6 is 11.8 Å². The van der Waals surface area contributed by atoms with E-state index in [9.17, 15) is 4.79 Å². The number of ether oxygens (including phenoxy) is 2. The van der Waals surface area contributed by atoms with E-state index < -0.39 is 0 Å². The molecule has 1 amide bonds. The summed E-state index contributed by atoms with van der Waals surface area (Å²) in [5.41, 5.74) is 1.93. The molecule has 3 aromatic rings. The summed E-state index contributed by atoms with van der Waals surface area (Å²) in [5, 5.41) is 11.6. The third-order valence-electron chi connectivity index (χ3n) is 5.81. The van der Waals surface area contributed by atoms with Gasteiger partial charge in [-0.2, -0.15) is 5.10 Å². The number of amides is 1. The number of fused-ring (bicyclic) bond motifs is 1. The number of hydrogen-bond donors (Lipinski definition) is 0.